The molecule has 144 valence electrons. The number of nitrogens with one attached hydrogen (secondary N) is 1. The Kier molecular flexibility index (Phi) is 5.50. The van der Waals surface area contributed by atoms with Gasteiger partial charge in [0, 0.05) is 50.7 Å². The van der Waals surface area contributed by atoms with E-state index in [4.69, 9.17) is 0 Å². The Morgan fingerprint density at radius 1 is 1.07 bits per heavy atom. The van der Waals surface area contributed by atoms with Crippen LogP contribution < -0.4 is 5.32 Å². The molecule has 7 nitrogen and oxygen atoms in total. The van der Waals surface area contributed by atoms with E-state index in [1.54, 1.807) is 16.9 Å². The highest BCUT2D eigenvalue weighted by Gasteiger charge is 2.28. The number of piperazine rings is 1. The molecule has 2 aliphatic rings. The summed E-state index contributed by atoms with van der Waals surface area (Å²) in [5, 5.41) is 7.36. The van der Waals surface area contributed by atoms with Crippen molar-refractivity contribution in [2.75, 3.05) is 33.2 Å². The van der Waals surface area contributed by atoms with Crippen molar-refractivity contribution in [3.05, 3.63) is 42.4 Å². The fourth-order valence-corrected chi connectivity index (χ4v) is 4.11. The van der Waals surface area contributed by atoms with Gasteiger partial charge in [0.15, 0.2) is 5.82 Å². The second-order valence-electron chi connectivity index (χ2n) is 7.65. The Morgan fingerprint density at radius 2 is 1.85 bits per heavy atom. The van der Waals surface area contributed by atoms with E-state index < -0.39 is 0 Å². The molecule has 1 N–H and O–H groups in total. The van der Waals surface area contributed by atoms with Gasteiger partial charge in [0.1, 0.15) is 5.69 Å². The van der Waals surface area contributed by atoms with E-state index in [-0.39, 0.29) is 11.9 Å². The van der Waals surface area contributed by atoms with Crippen molar-refractivity contribution in [1.82, 2.24) is 29.9 Å². The van der Waals surface area contributed by atoms with Gasteiger partial charge in [-0.2, -0.15) is 5.10 Å². The molecule has 1 aliphatic carbocycles. The molecule has 0 atom stereocenters. The van der Waals surface area contributed by atoms with E-state index in [0.29, 0.717) is 17.6 Å². The molecule has 1 saturated carbocycles. The lowest BCUT2D eigenvalue weighted by Gasteiger charge is -2.41. The molecule has 2 aromatic rings. The number of likely N-dealkylation sites (N-methyl/N-ethyl adjacent to an activating group) is 1. The molecular weight excluding hydrogens is 340 g/mol. The first-order valence-corrected chi connectivity index (χ1v) is 9.89. The summed E-state index contributed by atoms with van der Waals surface area (Å²) in [7, 11) is 2.19. The van der Waals surface area contributed by atoms with Gasteiger partial charge in [0.25, 0.3) is 5.91 Å². The Balaban J connectivity index is 1.30. The molecule has 1 saturated heterocycles. The predicted molar refractivity (Wildman–Crippen MR) is 104 cm³/mol. The maximum atomic E-state index is 12.6. The van der Waals surface area contributed by atoms with Crippen molar-refractivity contribution >= 4 is 5.91 Å². The van der Waals surface area contributed by atoms with E-state index in [1.807, 2.05) is 24.4 Å². The summed E-state index contributed by atoms with van der Waals surface area (Å²) >= 11 is 0. The van der Waals surface area contributed by atoms with E-state index in [1.165, 1.54) is 13.1 Å². The molecule has 0 spiro atoms. The molecule has 0 unspecified atom stereocenters. The molecule has 27 heavy (non-hydrogen) atoms. The number of rotatable bonds is 4. The fraction of sp³-hybridized carbons (Fsp3) is 0.550. The first kappa shape index (κ1) is 18.1. The van der Waals surface area contributed by atoms with Gasteiger partial charge in [0.05, 0.1) is 0 Å². The smallest absolute Gasteiger partial charge is 0.270 e. The lowest BCUT2D eigenvalue weighted by Crippen LogP contribution is -2.51. The van der Waals surface area contributed by atoms with Crippen LogP contribution in [0.4, 0.5) is 0 Å². The fourth-order valence-electron chi connectivity index (χ4n) is 4.11. The molecule has 4 rings (SSSR count). The average Bonchev–Trinajstić information content (AvgIpc) is 3.24. The highest BCUT2D eigenvalue weighted by molar-refractivity contribution is 5.92. The zero-order valence-corrected chi connectivity index (χ0v) is 15.9. The third kappa shape index (κ3) is 4.36. The molecule has 3 heterocycles. The molecule has 2 fully saturated rings. The largest absolute Gasteiger partial charge is 0.348 e. The van der Waals surface area contributed by atoms with E-state index in [9.17, 15) is 4.79 Å². The molecular formula is C20H28N6O. The second-order valence-corrected chi connectivity index (χ2v) is 7.65. The summed E-state index contributed by atoms with van der Waals surface area (Å²) in [6.45, 7) is 4.66. The zero-order valence-electron chi connectivity index (χ0n) is 15.9. The number of carbonyl (C=O) groups excluding carboxylic acids is 1. The van der Waals surface area contributed by atoms with E-state index in [2.05, 4.69) is 32.2 Å². The Bertz CT molecular complexity index is 746. The lowest BCUT2D eigenvalue weighted by molar-refractivity contribution is 0.0788. The molecule has 2 aromatic heterocycles. The Morgan fingerprint density at radius 3 is 2.56 bits per heavy atom. The van der Waals surface area contributed by atoms with Gasteiger partial charge in [-0.05, 0) is 50.9 Å². The molecule has 7 heteroatoms. The van der Waals surface area contributed by atoms with Crippen LogP contribution in [-0.2, 0) is 0 Å². The van der Waals surface area contributed by atoms with Crippen LogP contribution in [-0.4, -0.2) is 75.8 Å². The van der Waals surface area contributed by atoms with Gasteiger partial charge in [0.2, 0.25) is 0 Å². The van der Waals surface area contributed by atoms with Crippen molar-refractivity contribution in [2.45, 2.75) is 37.8 Å². The number of hydrogen-bond donors (Lipinski definition) is 1. The van der Waals surface area contributed by atoms with Gasteiger partial charge < -0.3 is 10.2 Å². The van der Waals surface area contributed by atoms with Crippen LogP contribution in [0.3, 0.4) is 0 Å². The summed E-state index contributed by atoms with van der Waals surface area (Å²) in [6.07, 6.45) is 7.94. The topological polar surface area (TPSA) is 66.3 Å². The number of nitrogens with zero attached hydrogens (tertiary/aromatic N) is 5. The molecule has 1 aliphatic heterocycles. The SMILES string of the molecule is CN1CCN(C2CCC(NC(=O)c3cccc(-n4cccn4)n3)CC2)CC1. The lowest BCUT2D eigenvalue weighted by atomic mass is 9.89. The normalized spacial score (nSPS) is 24.6. The highest BCUT2D eigenvalue weighted by atomic mass is 16.1. The summed E-state index contributed by atoms with van der Waals surface area (Å²) in [6, 6.07) is 8.23. The third-order valence-corrected chi connectivity index (χ3v) is 5.79. The van der Waals surface area contributed by atoms with Gasteiger partial charge in [-0.3, -0.25) is 9.69 Å². The van der Waals surface area contributed by atoms with Crippen LogP contribution in [0.1, 0.15) is 36.2 Å². The van der Waals surface area contributed by atoms with Gasteiger partial charge in [-0.1, -0.05) is 6.07 Å². The number of hydrogen-bond acceptors (Lipinski definition) is 5. The van der Waals surface area contributed by atoms with E-state index >= 15 is 0 Å². The van der Waals surface area contributed by atoms with Crippen LogP contribution in [0, 0.1) is 0 Å². The van der Waals surface area contributed by atoms with Crippen molar-refractivity contribution in [1.29, 1.82) is 0 Å². The minimum absolute atomic E-state index is 0.0907. The number of pyridine rings is 1. The van der Waals surface area contributed by atoms with Crippen LogP contribution in [0.2, 0.25) is 0 Å². The van der Waals surface area contributed by atoms with Gasteiger partial charge in [-0.15, -0.1) is 0 Å². The second kappa shape index (κ2) is 8.19. The van der Waals surface area contributed by atoms with Crippen LogP contribution >= 0.6 is 0 Å². The van der Waals surface area contributed by atoms with Crippen molar-refractivity contribution in [3.8, 4) is 5.82 Å². The summed E-state index contributed by atoms with van der Waals surface area (Å²) < 4.78 is 1.66. The maximum Gasteiger partial charge on any atom is 0.270 e. The first-order chi connectivity index (χ1) is 13.2. The number of aromatic nitrogens is 3. The quantitative estimate of drug-likeness (QED) is 0.887. The third-order valence-electron chi connectivity index (χ3n) is 5.79. The maximum absolute atomic E-state index is 12.6. The van der Waals surface area contributed by atoms with Gasteiger partial charge in [-0.25, -0.2) is 9.67 Å². The molecule has 1 amide bonds. The molecule has 0 bridgehead atoms. The van der Waals surface area contributed by atoms with E-state index in [0.717, 1.165) is 38.8 Å². The Labute approximate surface area is 160 Å². The van der Waals surface area contributed by atoms with Crippen molar-refractivity contribution in [2.24, 2.45) is 0 Å². The average molecular weight is 368 g/mol. The first-order valence-electron chi connectivity index (χ1n) is 9.89. The monoisotopic (exact) mass is 368 g/mol. The predicted octanol–water partition coefficient (Wildman–Crippen LogP) is 1.56. The molecule has 0 aromatic carbocycles. The summed E-state index contributed by atoms with van der Waals surface area (Å²) in [4.78, 5) is 22.1. The van der Waals surface area contributed by atoms with Crippen LogP contribution in [0.15, 0.2) is 36.7 Å². The van der Waals surface area contributed by atoms with Crippen LogP contribution in [0.25, 0.3) is 5.82 Å². The van der Waals surface area contributed by atoms with Gasteiger partial charge >= 0.3 is 0 Å². The van der Waals surface area contributed by atoms with Crippen molar-refractivity contribution < 1.29 is 4.79 Å². The minimum atomic E-state index is -0.0907. The highest BCUT2D eigenvalue weighted by Crippen LogP contribution is 2.24. The zero-order chi connectivity index (χ0) is 18.6. The minimum Gasteiger partial charge on any atom is -0.348 e. The van der Waals surface area contributed by atoms with Crippen LogP contribution in [0.5, 0.6) is 0 Å². The summed E-state index contributed by atoms with van der Waals surface area (Å²) in [5.41, 5.74) is 0.448. The standard InChI is InChI=1S/C20H28N6O/c1-24-12-14-25(15-13-24)17-8-6-16(7-9-17)22-20(27)18-4-2-5-19(23-18)26-11-3-10-21-26/h2-5,10-11,16-17H,6-9,12-15H2,1H3,(H,22,27). The number of amides is 1. The molecule has 0 radical (unpaired) electrons. The number of carbonyl (C=O) groups is 1. The summed E-state index contributed by atoms with van der Waals surface area (Å²) in [5.74, 6) is 0.568. The Hall–Kier alpha value is -2.25. The van der Waals surface area contributed by atoms with Crippen molar-refractivity contribution in [3.63, 3.8) is 0 Å².